The molecule has 2 heterocycles. The lowest BCUT2D eigenvalue weighted by Gasteiger charge is -2.39. The maximum absolute atomic E-state index is 5.31. The third-order valence-corrected chi connectivity index (χ3v) is 11.3. The molecule has 9 aromatic carbocycles. The second kappa shape index (κ2) is 14.1. The van der Waals surface area contributed by atoms with E-state index < -0.39 is 0 Å². The van der Waals surface area contributed by atoms with Gasteiger partial charge in [-0.15, -0.1) is 5.69 Å². The highest BCUT2D eigenvalue weighted by Gasteiger charge is 2.19. The fourth-order valence-electron chi connectivity index (χ4n) is 8.53. The van der Waals surface area contributed by atoms with Crippen LogP contribution in [0.5, 0.6) is 0 Å². The number of nitrogens with one attached hydrogen (secondary N) is 1. The number of nitrogens with zero attached hydrogens (tertiary/aromatic N) is 3. The molecule has 0 amide bonds. The first kappa shape index (κ1) is 33.6. The summed E-state index contributed by atoms with van der Waals surface area (Å²) >= 11 is 0. The number of aliphatic imine (C=N–C) groups is 1. The lowest BCUT2D eigenvalue weighted by Crippen LogP contribution is -2.12. The van der Waals surface area contributed by atoms with E-state index in [1.807, 2.05) is 6.07 Å². The lowest BCUT2D eigenvalue weighted by atomic mass is 9.93. The van der Waals surface area contributed by atoms with E-state index in [9.17, 15) is 0 Å². The van der Waals surface area contributed by atoms with Crippen LogP contribution in [0, 0.1) is 0 Å². The Balaban J connectivity index is 0.992. The summed E-state index contributed by atoms with van der Waals surface area (Å²) in [6.07, 6.45) is -0.336. The second-order valence-electron chi connectivity index (χ2n) is 14.8. The average molecular weight is 742 g/mol. The lowest BCUT2D eigenvalue weighted by molar-refractivity contribution is 0.874. The summed E-state index contributed by atoms with van der Waals surface area (Å²) in [5.74, 6) is 0. The zero-order chi connectivity index (χ0) is 38.4. The van der Waals surface area contributed by atoms with Crippen LogP contribution >= 0.6 is 0 Å². The van der Waals surface area contributed by atoms with Gasteiger partial charge in [-0.25, -0.2) is 0 Å². The van der Waals surface area contributed by atoms with Crippen LogP contribution < -0.4 is 5.32 Å². The van der Waals surface area contributed by atoms with Crippen LogP contribution in [0.1, 0.15) is 22.9 Å². The average Bonchev–Trinajstić information content (AvgIpc) is 3.63. The minimum Gasteiger partial charge on any atom is -0.659 e. The van der Waals surface area contributed by atoms with Gasteiger partial charge < -0.3 is 15.2 Å². The van der Waals surface area contributed by atoms with Crippen molar-refractivity contribution in [1.82, 2.24) is 4.57 Å². The molecule has 10 aromatic rings. The van der Waals surface area contributed by atoms with Gasteiger partial charge in [0.05, 0.1) is 16.7 Å². The Kier molecular flexibility index (Phi) is 8.18. The molecule has 58 heavy (non-hydrogen) atoms. The molecule has 0 aliphatic carbocycles. The Labute approximate surface area is 337 Å². The second-order valence-corrected chi connectivity index (χ2v) is 14.8. The molecule has 1 atom stereocenters. The highest BCUT2D eigenvalue weighted by molar-refractivity contribution is 6.21. The quantitative estimate of drug-likeness (QED) is 0.174. The number of anilines is 2. The zero-order valence-corrected chi connectivity index (χ0v) is 31.6. The van der Waals surface area contributed by atoms with Crippen LogP contribution in [0.25, 0.3) is 65.8 Å². The molecule has 0 saturated carbocycles. The Bertz CT molecular complexity index is 3160. The first-order chi connectivity index (χ1) is 28.7. The molecule has 11 rings (SSSR count). The van der Waals surface area contributed by atoms with Crippen molar-refractivity contribution in [2.45, 2.75) is 6.17 Å². The van der Waals surface area contributed by atoms with Gasteiger partial charge in [0.25, 0.3) is 0 Å². The predicted octanol–water partition coefficient (Wildman–Crippen LogP) is 14.6. The van der Waals surface area contributed by atoms with Gasteiger partial charge in [0.2, 0.25) is 0 Å². The molecule has 1 aliphatic rings. The standard InChI is InChI=1S/C54H37N4/c1-4-15-36(16-5-1)47-34-39(40-29-32-51-48(35-40)45-25-12-13-26-50(45)58(51)43-22-8-3-9-23-43)28-31-49(47)55-42-21-14-20-41(33-42)52-46-30-27-37-17-10-11-24-44(37)53(46)57-54(56-52)38-18-6-2-7-19-38/h1-35,54-55H/q-1. The SMILES string of the molecule is c1ccc(-c2cc(-c3ccc4c(c3)c3ccccc3n4-c3ccccc3)ccc2Nc2cccc(C3=NC(c4ccccc4)[N-]c4c3ccc3ccccc43)c2)cc1. The molecular weight excluding hydrogens is 705 g/mol. The maximum Gasteiger partial charge on any atom is 0.0696 e. The fraction of sp³-hybridized carbons (Fsp3) is 0.0185. The largest absolute Gasteiger partial charge is 0.659 e. The van der Waals surface area contributed by atoms with Crippen molar-refractivity contribution in [2.75, 3.05) is 5.32 Å². The summed E-state index contributed by atoms with van der Waals surface area (Å²) in [6.45, 7) is 0. The van der Waals surface area contributed by atoms with Gasteiger partial charge in [0.15, 0.2) is 0 Å². The highest BCUT2D eigenvalue weighted by Crippen LogP contribution is 2.46. The summed E-state index contributed by atoms with van der Waals surface area (Å²) in [4.78, 5) is 5.31. The summed E-state index contributed by atoms with van der Waals surface area (Å²) in [5.41, 5.74) is 15.3. The van der Waals surface area contributed by atoms with E-state index in [0.717, 1.165) is 67.2 Å². The van der Waals surface area contributed by atoms with Crippen LogP contribution in [-0.4, -0.2) is 10.3 Å². The van der Waals surface area contributed by atoms with Crippen LogP contribution in [0.4, 0.5) is 17.1 Å². The number of aromatic nitrogens is 1. The van der Waals surface area contributed by atoms with Gasteiger partial charge in [-0.1, -0.05) is 158 Å². The third kappa shape index (κ3) is 5.91. The topological polar surface area (TPSA) is 43.4 Å². The van der Waals surface area contributed by atoms with Gasteiger partial charge in [0.1, 0.15) is 0 Å². The monoisotopic (exact) mass is 741 g/mol. The molecule has 0 saturated heterocycles. The molecule has 0 fully saturated rings. The van der Waals surface area contributed by atoms with Gasteiger partial charge in [0, 0.05) is 45.1 Å². The van der Waals surface area contributed by atoms with E-state index in [0.29, 0.717) is 0 Å². The van der Waals surface area contributed by atoms with E-state index in [4.69, 9.17) is 10.3 Å². The predicted molar refractivity (Wildman–Crippen MR) is 243 cm³/mol. The summed E-state index contributed by atoms with van der Waals surface area (Å²) in [6, 6.07) is 75.4. The Morgan fingerprint density at radius 1 is 0.448 bits per heavy atom. The van der Waals surface area contributed by atoms with Crippen molar-refractivity contribution in [3.63, 3.8) is 0 Å². The number of fused-ring (bicyclic) bond motifs is 6. The van der Waals surface area contributed by atoms with E-state index >= 15 is 0 Å². The third-order valence-electron chi connectivity index (χ3n) is 11.3. The van der Waals surface area contributed by atoms with Crippen LogP contribution in [0.2, 0.25) is 0 Å². The number of para-hydroxylation sites is 2. The van der Waals surface area contributed by atoms with Crippen molar-refractivity contribution >= 4 is 55.4 Å². The maximum atomic E-state index is 5.31. The van der Waals surface area contributed by atoms with Crippen molar-refractivity contribution < 1.29 is 0 Å². The summed E-state index contributed by atoms with van der Waals surface area (Å²) in [7, 11) is 0. The zero-order valence-electron chi connectivity index (χ0n) is 31.6. The Morgan fingerprint density at radius 2 is 1.12 bits per heavy atom. The number of hydrogen-bond donors (Lipinski definition) is 1. The van der Waals surface area contributed by atoms with Crippen LogP contribution in [0.3, 0.4) is 0 Å². The molecule has 0 radical (unpaired) electrons. The molecule has 274 valence electrons. The first-order valence-electron chi connectivity index (χ1n) is 19.8. The molecule has 1 aliphatic heterocycles. The first-order valence-corrected chi connectivity index (χ1v) is 19.8. The summed E-state index contributed by atoms with van der Waals surface area (Å²) < 4.78 is 2.36. The van der Waals surface area contributed by atoms with Crippen LogP contribution in [-0.2, 0) is 0 Å². The molecule has 4 heteroatoms. The van der Waals surface area contributed by atoms with Gasteiger partial charge in [-0.05, 0) is 93.2 Å². The van der Waals surface area contributed by atoms with Gasteiger partial charge >= 0.3 is 0 Å². The van der Waals surface area contributed by atoms with Crippen molar-refractivity contribution in [3.05, 3.63) is 234 Å². The number of rotatable bonds is 7. The molecular formula is C54H37N4-. The van der Waals surface area contributed by atoms with Gasteiger partial charge in [-0.2, -0.15) is 0 Å². The van der Waals surface area contributed by atoms with E-state index in [1.165, 1.54) is 32.8 Å². The molecule has 0 bridgehead atoms. The van der Waals surface area contributed by atoms with E-state index in [1.54, 1.807) is 0 Å². The van der Waals surface area contributed by atoms with Crippen molar-refractivity contribution in [1.29, 1.82) is 0 Å². The van der Waals surface area contributed by atoms with Crippen molar-refractivity contribution in [3.8, 4) is 27.9 Å². The van der Waals surface area contributed by atoms with E-state index in [-0.39, 0.29) is 6.17 Å². The molecule has 4 nitrogen and oxygen atoms in total. The Morgan fingerprint density at radius 3 is 1.97 bits per heavy atom. The number of hydrogen-bond acceptors (Lipinski definition) is 2. The highest BCUT2D eigenvalue weighted by atomic mass is 15.1. The minimum atomic E-state index is -0.336. The smallest absolute Gasteiger partial charge is 0.0696 e. The number of benzene rings is 9. The van der Waals surface area contributed by atoms with Crippen molar-refractivity contribution in [2.24, 2.45) is 4.99 Å². The molecule has 1 aromatic heterocycles. The fourth-order valence-corrected chi connectivity index (χ4v) is 8.53. The molecule has 0 spiro atoms. The molecule has 1 unspecified atom stereocenters. The normalized spacial score (nSPS) is 13.6. The van der Waals surface area contributed by atoms with E-state index in [2.05, 4.69) is 216 Å². The minimum absolute atomic E-state index is 0.336. The molecule has 1 N–H and O–H groups in total. The van der Waals surface area contributed by atoms with Crippen LogP contribution in [0.15, 0.2) is 217 Å². The Hall–Kier alpha value is -7.69. The van der Waals surface area contributed by atoms with Gasteiger partial charge in [-0.3, -0.25) is 4.99 Å². The summed E-state index contributed by atoms with van der Waals surface area (Å²) in [5, 5.41) is 13.8.